The van der Waals surface area contributed by atoms with Gasteiger partial charge in [-0.25, -0.2) is 0 Å². The second kappa shape index (κ2) is 11.8. The number of nitrogens with zero attached hydrogens (tertiary/aromatic N) is 1. The summed E-state index contributed by atoms with van der Waals surface area (Å²) in [6, 6.07) is 11.4. The standard InChI is InChI=1S/C24H27Cl3N2O3/c1-16(24(31)28-18-8-3-2-4-9-18)29(14-20-21(26)11-6-12-22(20)27)23(30)15-32-19-10-5-7-17(25)13-19/h5-7,10-13,16,18H,2-4,8-9,14-15H2,1H3,(H,28,31). The first kappa shape index (κ1) is 24.7. The number of ether oxygens (including phenoxy) is 1. The Bertz CT molecular complexity index is 928. The van der Waals surface area contributed by atoms with Gasteiger partial charge in [0.1, 0.15) is 11.8 Å². The molecule has 1 N–H and O–H groups in total. The van der Waals surface area contributed by atoms with Crippen molar-refractivity contribution >= 4 is 46.6 Å². The van der Waals surface area contributed by atoms with Crippen molar-refractivity contribution in [3.05, 3.63) is 63.1 Å². The lowest BCUT2D eigenvalue weighted by atomic mass is 9.95. The van der Waals surface area contributed by atoms with Gasteiger partial charge in [-0.2, -0.15) is 0 Å². The van der Waals surface area contributed by atoms with E-state index in [0.717, 1.165) is 25.7 Å². The number of rotatable bonds is 8. The summed E-state index contributed by atoms with van der Waals surface area (Å²) in [6.07, 6.45) is 5.31. The Balaban J connectivity index is 1.76. The Kier molecular flexibility index (Phi) is 9.09. The van der Waals surface area contributed by atoms with Crippen LogP contribution in [0.4, 0.5) is 0 Å². The van der Waals surface area contributed by atoms with E-state index in [1.165, 1.54) is 11.3 Å². The molecule has 1 saturated carbocycles. The first-order valence-corrected chi connectivity index (χ1v) is 11.9. The van der Waals surface area contributed by atoms with E-state index in [9.17, 15) is 9.59 Å². The lowest BCUT2D eigenvalue weighted by molar-refractivity contribution is -0.142. The van der Waals surface area contributed by atoms with Gasteiger partial charge >= 0.3 is 0 Å². The van der Waals surface area contributed by atoms with E-state index in [4.69, 9.17) is 39.5 Å². The summed E-state index contributed by atoms with van der Waals surface area (Å²) >= 11 is 18.7. The number of carbonyl (C=O) groups excluding carboxylic acids is 2. The van der Waals surface area contributed by atoms with E-state index in [-0.39, 0.29) is 31.0 Å². The third kappa shape index (κ3) is 6.77. The largest absolute Gasteiger partial charge is 0.484 e. The SMILES string of the molecule is CC(C(=O)NC1CCCCC1)N(Cc1c(Cl)cccc1Cl)C(=O)COc1cccc(Cl)c1. The highest BCUT2D eigenvalue weighted by Crippen LogP contribution is 2.27. The van der Waals surface area contributed by atoms with Gasteiger partial charge in [0, 0.05) is 33.2 Å². The summed E-state index contributed by atoms with van der Waals surface area (Å²) in [6.45, 7) is 1.55. The Morgan fingerprint density at radius 3 is 2.38 bits per heavy atom. The molecule has 0 spiro atoms. The van der Waals surface area contributed by atoms with Crippen LogP contribution in [0.1, 0.15) is 44.6 Å². The molecule has 1 atom stereocenters. The summed E-state index contributed by atoms with van der Waals surface area (Å²) in [5.41, 5.74) is 0.587. The van der Waals surface area contributed by atoms with Crippen LogP contribution in [0.25, 0.3) is 0 Å². The number of nitrogens with one attached hydrogen (secondary N) is 1. The molecule has 0 heterocycles. The molecule has 1 unspecified atom stereocenters. The molecular formula is C24H27Cl3N2O3. The van der Waals surface area contributed by atoms with E-state index in [1.807, 2.05) is 0 Å². The Hall–Kier alpha value is -1.95. The predicted molar refractivity (Wildman–Crippen MR) is 128 cm³/mol. The molecule has 2 aromatic carbocycles. The van der Waals surface area contributed by atoms with E-state index < -0.39 is 6.04 Å². The van der Waals surface area contributed by atoms with E-state index >= 15 is 0 Å². The van der Waals surface area contributed by atoms with Crippen molar-refractivity contribution in [1.82, 2.24) is 10.2 Å². The Labute approximate surface area is 204 Å². The number of hydrogen-bond donors (Lipinski definition) is 1. The van der Waals surface area contributed by atoms with Crippen molar-refractivity contribution in [3.63, 3.8) is 0 Å². The highest BCUT2D eigenvalue weighted by molar-refractivity contribution is 6.36. The van der Waals surface area contributed by atoms with Crippen LogP contribution in [0.15, 0.2) is 42.5 Å². The van der Waals surface area contributed by atoms with Gasteiger partial charge < -0.3 is 15.0 Å². The summed E-state index contributed by atoms with van der Waals surface area (Å²) in [5.74, 6) is -0.0793. The van der Waals surface area contributed by atoms with Crippen LogP contribution in [0, 0.1) is 0 Å². The van der Waals surface area contributed by atoms with E-state index in [2.05, 4.69) is 5.32 Å². The minimum Gasteiger partial charge on any atom is -0.484 e. The van der Waals surface area contributed by atoms with Crippen LogP contribution in [0.2, 0.25) is 15.1 Å². The minimum absolute atomic E-state index is 0.0928. The second-order valence-corrected chi connectivity index (χ2v) is 9.24. The summed E-state index contributed by atoms with van der Waals surface area (Å²) in [5, 5.41) is 4.47. The zero-order valence-corrected chi connectivity index (χ0v) is 20.2. The van der Waals surface area contributed by atoms with Crippen LogP contribution in [-0.4, -0.2) is 35.4 Å². The van der Waals surface area contributed by atoms with Crippen LogP contribution in [-0.2, 0) is 16.1 Å². The fourth-order valence-corrected chi connectivity index (χ4v) is 4.49. The normalized spacial score (nSPS) is 15.1. The van der Waals surface area contributed by atoms with Crippen molar-refractivity contribution < 1.29 is 14.3 Å². The molecule has 32 heavy (non-hydrogen) atoms. The van der Waals surface area contributed by atoms with Crippen molar-refractivity contribution in [2.75, 3.05) is 6.61 Å². The molecule has 0 radical (unpaired) electrons. The predicted octanol–water partition coefficient (Wildman–Crippen LogP) is 5.89. The fraction of sp³-hybridized carbons (Fsp3) is 0.417. The average molecular weight is 498 g/mol. The molecule has 2 aromatic rings. The highest BCUT2D eigenvalue weighted by Gasteiger charge is 2.29. The smallest absolute Gasteiger partial charge is 0.261 e. The van der Waals surface area contributed by atoms with Gasteiger partial charge in [-0.15, -0.1) is 0 Å². The average Bonchev–Trinajstić information content (AvgIpc) is 2.77. The van der Waals surface area contributed by atoms with Gasteiger partial charge in [-0.1, -0.05) is 66.2 Å². The van der Waals surface area contributed by atoms with Crippen LogP contribution in [0.5, 0.6) is 5.75 Å². The number of amides is 2. The number of halogens is 3. The molecule has 0 aromatic heterocycles. The third-order valence-electron chi connectivity index (χ3n) is 5.67. The maximum absolute atomic E-state index is 13.2. The quantitative estimate of drug-likeness (QED) is 0.494. The molecule has 1 aliphatic rings. The fourth-order valence-electron chi connectivity index (χ4n) is 3.79. The maximum atomic E-state index is 13.2. The van der Waals surface area contributed by atoms with Crippen molar-refractivity contribution in [2.45, 2.75) is 57.7 Å². The number of benzene rings is 2. The first-order valence-electron chi connectivity index (χ1n) is 10.8. The minimum atomic E-state index is -0.722. The zero-order valence-electron chi connectivity index (χ0n) is 18.0. The van der Waals surface area contributed by atoms with Crippen molar-refractivity contribution in [3.8, 4) is 5.75 Å². The topological polar surface area (TPSA) is 58.6 Å². The van der Waals surface area contributed by atoms with Gasteiger partial charge in [0.2, 0.25) is 5.91 Å². The molecule has 0 aliphatic heterocycles. The lowest BCUT2D eigenvalue weighted by Gasteiger charge is -2.31. The van der Waals surface area contributed by atoms with Crippen molar-refractivity contribution in [2.24, 2.45) is 0 Å². The Morgan fingerprint density at radius 1 is 1.06 bits per heavy atom. The number of hydrogen-bond acceptors (Lipinski definition) is 3. The van der Waals surface area contributed by atoms with E-state index in [0.29, 0.717) is 26.4 Å². The highest BCUT2D eigenvalue weighted by atomic mass is 35.5. The van der Waals surface area contributed by atoms with Crippen LogP contribution in [0.3, 0.4) is 0 Å². The Morgan fingerprint density at radius 2 is 1.72 bits per heavy atom. The monoisotopic (exact) mass is 496 g/mol. The summed E-state index contributed by atoms with van der Waals surface area (Å²) in [7, 11) is 0. The van der Waals surface area contributed by atoms with Gasteiger partial charge in [0.25, 0.3) is 5.91 Å². The molecule has 5 nitrogen and oxygen atoms in total. The molecule has 2 amide bonds. The van der Waals surface area contributed by atoms with Crippen LogP contribution >= 0.6 is 34.8 Å². The van der Waals surface area contributed by atoms with Gasteiger partial charge in [0.05, 0.1) is 0 Å². The van der Waals surface area contributed by atoms with Gasteiger partial charge in [-0.3, -0.25) is 9.59 Å². The second-order valence-electron chi connectivity index (χ2n) is 7.99. The third-order valence-corrected chi connectivity index (χ3v) is 6.61. The molecule has 1 aliphatic carbocycles. The molecule has 0 saturated heterocycles. The zero-order chi connectivity index (χ0) is 23.1. The summed E-state index contributed by atoms with van der Waals surface area (Å²) in [4.78, 5) is 27.6. The molecule has 3 rings (SSSR count). The van der Waals surface area contributed by atoms with Gasteiger partial charge in [-0.05, 0) is 50.1 Å². The summed E-state index contributed by atoms with van der Waals surface area (Å²) < 4.78 is 5.63. The van der Waals surface area contributed by atoms with Crippen molar-refractivity contribution in [1.29, 1.82) is 0 Å². The first-order chi connectivity index (χ1) is 15.3. The molecule has 1 fully saturated rings. The molecule has 8 heteroatoms. The number of carbonyl (C=O) groups is 2. The lowest BCUT2D eigenvalue weighted by Crippen LogP contribution is -2.51. The maximum Gasteiger partial charge on any atom is 0.261 e. The van der Waals surface area contributed by atoms with Crippen LogP contribution < -0.4 is 10.1 Å². The molecule has 172 valence electrons. The molecule has 0 bridgehead atoms. The van der Waals surface area contributed by atoms with E-state index in [1.54, 1.807) is 49.4 Å². The van der Waals surface area contributed by atoms with Gasteiger partial charge in [0.15, 0.2) is 6.61 Å². The molecular weight excluding hydrogens is 471 g/mol.